The molecule has 0 amide bonds. The third-order valence-electron chi connectivity index (χ3n) is 0.648. The van der Waals surface area contributed by atoms with Crippen LogP contribution >= 0.6 is 34.8 Å². The molecule has 0 aliphatic rings. The van der Waals surface area contributed by atoms with Gasteiger partial charge in [0, 0.05) is 0 Å². The van der Waals surface area contributed by atoms with Crippen molar-refractivity contribution in [3.63, 3.8) is 0 Å². The van der Waals surface area contributed by atoms with Gasteiger partial charge in [-0.25, -0.2) is 4.79 Å². The van der Waals surface area contributed by atoms with E-state index in [-0.39, 0.29) is 6.61 Å². The number of carbonyl (C=O) groups is 1. The first-order valence-electron chi connectivity index (χ1n) is 2.51. The predicted molar refractivity (Wildman–Crippen MR) is 43.0 cm³/mol. The summed E-state index contributed by atoms with van der Waals surface area (Å²) in [6, 6.07) is 0. The van der Waals surface area contributed by atoms with Gasteiger partial charge in [0.1, 0.15) is 6.61 Å². The Hall–Kier alpha value is -0.120. The lowest BCUT2D eigenvalue weighted by molar-refractivity contribution is -0.141. The van der Waals surface area contributed by atoms with Crippen LogP contribution in [0, 0.1) is 0 Å². The molecule has 6 heteroatoms. The molecule has 0 rings (SSSR count). The lowest BCUT2D eigenvalue weighted by Crippen LogP contribution is -2.21. The second kappa shape index (κ2) is 4.70. The summed E-state index contributed by atoms with van der Waals surface area (Å²) in [5.41, 5.74) is 0. The van der Waals surface area contributed by atoms with Crippen LogP contribution in [-0.4, -0.2) is 21.5 Å². The van der Waals surface area contributed by atoms with E-state index in [1.165, 1.54) is 6.08 Å². The molecule has 1 N–H and O–H groups in total. The van der Waals surface area contributed by atoms with Gasteiger partial charge in [0.05, 0.1) is 6.26 Å². The van der Waals surface area contributed by atoms with Crippen molar-refractivity contribution < 1.29 is 14.6 Å². The molecule has 64 valence electrons. The number of ether oxygens (including phenoxy) is 1. The van der Waals surface area contributed by atoms with E-state index >= 15 is 0 Å². The van der Waals surface area contributed by atoms with Gasteiger partial charge in [-0.3, -0.25) is 0 Å². The maximum Gasteiger partial charge on any atom is 0.358 e. The van der Waals surface area contributed by atoms with Crippen LogP contribution in [-0.2, 0) is 9.53 Å². The molecule has 0 saturated heterocycles. The highest BCUT2D eigenvalue weighted by atomic mass is 35.6. The third kappa shape index (κ3) is 5.18. The van der Waals surface area contributed by atoms with Crippen LogP contribution < -0.4 is 0 Å². The third-order valence-corrected chi connectivity index (χ3v) is 1.11. The highest BCUT2D eigenvalue weighted by Crippen LogP contribution is 2.27. The van der Waals surface area contributed by atoms with E-state index in [0.717, 1.165) is 6.26 Å². The largest absolute Gasteiger partial charge is 0.516 e. The number of esters is 1. The smallest absolute Gasteiger partial charge is 0.358 e. The average molecular weight is 219 g/mol. The van der Waals surface area contributed by atoms with E-state index in [2.05, 4.69) is 4.74 Å². The van der Waals surface area contributed by atoms with E-state index < -0.39 is 9.76 Å². The zero-order valence-electron chi connectivity index (χ0n) is 5.26. The summed E-state index contributed by atoms with van der Waals surface area (Å²) in [6.45, 7) is -0.122. The number of aliphatic hydroxyl groups is 1. The molecular weight excluding hydrogens is 214 g/mol. The maximum atomic E-state index is 10.6. The van der Waals surface area contributed by atoms with E-state index in [9.17, 15) is 4.79 Å². The summed E-state index contributed by atoms with van der Waals surface area (Å²) in [6.07, 6.45) is 1.92. The number of aliphatic hydroxyl groups excluding tert-OH is 1. The lowest BCUT2D eigenvalue weighted by Gasteiger charge is -2.07. The van der Waals surface area contributed by atoms with E-state index in [0.29, 0.717) is 0 Å². The van der Waals surface area contributed by atoms with Crippen molar-refractivity contribution in [2.24, 2.45) is 0 Å². The first-order valence-corrected chi connectivity index (χ1v) is 3.65. The Morgan fingerprint density at radius 3 is 2.45 bits per heavy atom. The molecule has 3 nitrogen and oxygen atoms in total. The van der Waals surface area contributed by atoms with Crippen LogP contribution in [0.25, 0.3) is 0 Å². The molecule has 0 aliphatic carbocycles. The Bertz CT molecular complexity index is 161. The Balaban J connectivity index is 3.71. The fourth-order valence-corrected chi connectivity index (χ4v) is 0.412. The fourth-order valence-electron chi connectivity index (χ4n) is 0.249. The zero-order chi connectivity index (χ0) is 8.91. The summed E-state index contributed by atoms with van der Waals surface area (Å²) in [7, 11) is 0. The van der Waals surface area contributed by atoms with Crippen molar-refractivity contribution in [3.8, 4) is 0 Å². The molecule has 0 aromatic heterocycles. The molecule has 0 radical (unpaired) electrons. The van der Waals surface area contributed by atoms with Crippen molar-refractivity contribution in [1.82, 2.24) is 0 Å². The molecular formula is C5H5Cl3O3. The van der Waals surface area contributed by atoms with Crippen LogP contribution in [0.15, 0.2) is 12.3 Å². The average Bonchev–Trinajstić information content (AvgIpc) is 1.86. The molecule has 0 aromatic rings. The molecule has 0 fully saturated rings. The molecule has 0 saturated carbocycles. The Morgan fingerprint density at radius 2 is 2.09 bits per heavy atom. The van der Waals surface area contributed by atoms with Crippen molar-refractivity contribution >= 4 is 40.8 Å². The van der Waals surface area contributed by atoms with E-state index in [4.69, 9.17) is 39.9 Å². The van der Waals surface area contributed by atoms with E-state index in [1.54, 1.807) is 0 Å². The van der Waals surface area contributed by atoms with Gasteiger partial charge in [-0.05, 0) is 6.08 Å². The summed E-state index contributed by atoms with van der Waals surface area (Å²) in [5.74, 6) is -0.972. The second-order valence-corrected chi connectivity index (χ2v) is 3.76. The van der Waals surface area contributed by atoms with Gasteiger partial charge in [0.2, 0.25) is 0 Å². The normalized spacial score (nSPS) is 11.9. The number of rotatable bonds is 2. The Morgan fingerprint density at radius 1 is 1.55 bits per heavy atom. The SMILES string of the molecule is O=C(OCC=CO)C(Cl)(Cl)Cl. The van der Waals surface area contributed by atoms with Gasteiger partial charge in [0.25, 0.3) is 3.79 Å². The van der Waals surface area contributed by atoms with Crippen LogP contribution in [0.4, 0.5) is 0 Å². The van der Waals surface area contributed by atoms with Crippen LogP contribution in [0.3, 0.4) is 0 Å². The molecule has 0 spiro atoms. The van der Waals surface area contributed by atoms with Gasteiger partial charge in [-0.1, -0.05) is 34.8 Å². The standard InChI is InChI=1S/C5H5Cl3O3/c6-5(7,8)4(10)11-3-1-2-9/h1-2,9H,3H2. The highest BCUT2D eigenvalue weighted by Gasteiger charge is 2.32. The first kappa shape index (κ1) is 10.9. The van der Waals surface area contributed by atoms with Crippen LogP contribution in [0.5, 0.6) is 0 Å². The molecule has 0 aliphatic heterocycles. The molecule has 0 bridgehead atoms. The van der Waals surface area contributed by atoms with Crippen molar-refractivity contribution in [2.45, 2.75) is 3.79 Å². The zero-order valence-corrected chi connectivity index (χ0v) is 7.53. The van der Waals surface area contributed by atoms with E-state index in [1.807, 2.05) is 0 Å². The van der Waals surface area contributed by atoms with Gasteiger partial charge < -0.3 is 9.84 Å². The fraction of sp³-hybridized carbons (Fsp3) is 0.400. The molecule has 0 heterocycles. The van der Waals surface area contributed by atoms with Crippen molar-refractivity contribution in [2.75, 3.05) is 6.61 Å². The summed E-state index contributed by atoms with van der Waals surface area (Å²) in [5, 5.41) is 8.11. The molecule has 11 heavy (non-hydrogen) atoms. The minimum absolute atomic E-state index is 0.122. The number of hydrogen-bond acceptors (Lipinski definition) is 3. The molecule has 0 atom stereocenters. The minimum atomic E-state index is -2.05. The number of halogens is 3. The second-order valence-electron chi connectivity index (χ2n) is 1.48. The molecule has 0 aromatic carbocycles. The quantitative estimate of drug-likeness (QED) is 0.439. The topological polar surface area (TPSA) is 46.5 Å². The predicted octanol–water partition coefficient (Wildman–Crippen LogP) is 1.97. The van der Waals surface area contributed by atoms with Gasteiger partial charge in [-0.2, -0.15) is 0 Å². The maximum absolute atomic E-state index is 10.6. The summed E-state index contributed by atoms with van der Waals surface area (Å²) < 4.78 is 2.31. The number of hydrogen-bond donors (Lipinski definition) is 1. The number of carbonyl (C=O) groups excluding carboxylic acids is 1. The van der Waals surface area contributed by atoms with Crippen molar-refractivity contribution in [3.05, 3.63) is 12.3 Å². The minimum Gasteiger partial charge on any atom is -0.516 e. The summed E-state index contributed by atoms with van der Waals surface area (Å²) in [4.78, 5) is 10.6. The van der Waals surface area contributed by atoms with Gasteiger partial charge in [-0.15, -0.1) is 0 Å². The van der Waals surface area contributed by atoms with Gasteiger partial charge in [0.15, 0.2) is 0 Å². The van der Waals surface area contributed by atoms with Gasteiger partial charge >= 0.3 is 5.97 Å². The first-order chi connectivity index (χ1) is 4.98. The van der Waals surface area contributed by atoms with Crippen LogP contribution in [0.2, 0.25) is 0 Å². The molecule has 0 unspecified atom stereocenters. The van der Waals surface area contributed by atoms with Crippen molar-refractivity contribution in [1.29, 1.82) is 0 Å². The lowest BCUT2D eigenvalue weighted by atomic mass is 10.6. The highest BCUT2D eigenvalue weighted by molar-refractivity contribution is 6.75. The van der Waals surface area contributed by atoms with Crippen LogP contribution in [0.1, 0.15) is 0 Å². The Kier molecular flexibility index (Phi) is 4.65. The summed E-state index contributed by atoms with van der Waals surface area (Å²) >= 11 is 15.4. The monoisotopic (exact) mass is 218 g/mol. The Labute approximate surface area is 78.5 Å². The number of alkyl halides is 3.